The van der Waals surface area contributed by atoms with Gasteiger partial charge in [-0.25, -0.2) is 9.78 Å². The maximum atomic E-state index is 12.6. The van der Waals surface area contributed by atoms with E-state index in [-0.39, 0.29) is 19.1 Å². The highest BCUT2D eigenvalue weighted by atomic mass is 32.1. The van der Waals surface area contributed by atoms with E-state index >= 15 is 0 Å². The number of nitrogens with zero attached hydrogens (tertiary/aromatic N) is 2. The average Bonchev–Trinajstić information content (AvgIpc) is 3.01. The predicted molar refractivity (Wildman–Crippen MR) is 85.6 cm³/mol. The van der Waals surface area contributed by atoms with Gasteiger partial charge in [-0.3, -0.25) is 4.79 Å². The number of carboxylic acids is 1. The lowest BCUT2D eigenvalue weighted by Gasteiger charge is -2.31. The quantitative estimate of drug-likeness (QED) is 0.930. The molecule has 0 saturated carbocycles. The summed E-state index contributed by atoms with van der Waals surface area (Å²) in [6.07, 6.45) is -0.961. The van der Waals surface area contributed by atoms with E-state index in [2.05, 4.69) is 4.98 Å². The molecule has 1 saturated heterocycles. The van der Waals surface area contributed by atoms with Gasteiger partial charge in [-0.1, -0.05) is 12.1 Å². The molecule has 6 nitrogen and oxygen atoms in total. The third kappa shape index (κ3) is 3.40. The zero-order chi connectivity index (χ0) is 16.4. The topological polar surface area (TPSA) is 79.7 Å². The van der Waals surface area contributed by atoms with Crippen molar-refractivity contribution < 1.29 is 19.4 Å². The van der Waals surface area contributed by atoms with Gasteiger partial charge in [0.05, 0.1) is 13.2 Å². The number of morpholine rings is 1. The second-order valence-corrected chi connectivity index (χ2v) is 6.18. The first-order valence-electron chi connectivity index (χ1n) is 7.21. The normalized spacial score (nSPS) is 18.0. The standard InChI is InChI=1S/C16H16N2O4S/c1-10-9-23-14(17-10)11-3-2-4-12(7-11)15(19)18-5-6-22-13(8-18)16(20)21/h2-4,7,9,13H,5-6,8H2,1H3,(H,20,21). The minimum absolute atomic E-state index is 0.0642. The van der Waals surface area contributed by atoms with E-state index in [1.807, 2.05) is 24.4 Å². The van der Waals surface area contributed by atoms with Gasteiger partial charge in [-0.15, -0.1) is 11.3 Å². The van der Waals surface area contributed by atoms with Crippen molar-refractivity contribution in [2.24, 2.45) is 0 Å². The van der Waals surface area contributed by atoms with E-state index in [0.717, 1.165) is 16.3 Å². The molecule has 3 rings (SSSR count). The van der Waals surface area contributed by atoms with Crippen LogP contribution in [0, 0.1) is 6.92 Å². The van der Waals surface area contributed by atoms with Gasteiger partial charge in [0.25, 0.3) is 5.91 Å². The van der Waals surface area contributed by atoms with E-state index in [1.54, 1.807) is 12.1 Å². The molecule has 1 aromatic carbocycles. The van der Waals surface area contributed by atoms with E-state index in [9.17, 15) is 9.59 Å². The minimum Gasteiger partial charge on any atom is -0.479 e. The predicted octanol–water partition coefficient (Wildman–Crippen LogP) is 2.04. The first-order chi connectivity index (χ1) is 11.0. The van der Waals surface area contributed by atoms with Crippen LogP contribution in [-0.2, 0) is 9.53 Å². The number of benzene rings is 1. The first kappa shape index (κ1) is 15.6. The SMILES string of the molecule is Cc1csc(-c2cccc(C(=O)N3CCOC(C(=O)O)C3)c2)n1. The van der Waals surface area contributed by atoms with Gasteiger partial charge < -0.3 is 14.7 Å². The summed E-state index contributed by atoms with van der Waals surface area (Å²) in [6.45, 7) is 2.61. The number of thiazole rings is 1. The van der Waals surface area contributed by atoms with Crippen molar-refractivity contribution in [3.05, 3.63) is 40.9 Å². The Morgan fingerprint density at radius 3 is 2.96 bits per heavy atom. The molecule has 0 spiro atoms. The molecule has 1 atom stereocenters. The second kappa shape index (κ2) is 6.47. The summed E-state index contributed by atoms with van der Waals surface area (Å²) in [5.41, 5.74) is 2.36. The lowest BCUT2D eigenvalue weighted by molar-refractivity contribution is -0.154. The number of ether oxygens (including phenoxy) is 1. The van der Waals surface area contributed by atoms with Crippen molar-refractivity contribution in [1.29, 1.82) is 0 Å². The van der Waals surface area contributed by atoms with Gasteiger partial charge in [0.1, 0.15) is 5.01 Å². The van der Waals surface area contributed by atoms with Crippen LogP contribution in [0.2, 0.25) is 0 Å². The van der Waals surface area contributed by atoms with Crippen LogP contribution in [0.25, 0.3) is 10.6 Å². The molecular weight excluding hydrogens is 316 g/mol. The number of aliphatic carboxylic acids is 1. The van der Waals surface area contributed by atoms with Gasteiger partial charge in [-0.05, 0) is 19.1 Å². The van der Waals surface area contributed by atoms with Gasteiger partial charge in [-0.2, -0.15) is 0 Å². The highest BCUT2D eigenvalue weighted by Crippen LogP contribution is 2.25. The summed E-state index contributed by atoms with van der Waals surface area (Å²) >= 11 is 1.53. The van der Waals surface area contributed by atoms with Gasteiger partial charge >= 0.3 is 5.97 Å². The van der Waals surface area contributed by atoms with Crippen LogP contribution >= 0.6 is 11.3 Å². The molecule has 2 heterocycles. The summed E-state index contributed by atoms with van der Waals surface area (Å²) in [4.78, 5) is 29.6. The molecule has 2 aromatic rings. The van der Waals surface area contributed by atoms with Crippen LogP contribution in [0.3, 0.4) is 0 Å². The van der Waals surface area contributed by atoms with E-state index in [4.69, 9.17) is 9.84 Å². The fraction of sp³-hybridized carbons (Fsp3) is 0.312. The van der Waals surface area contributed by atoms with Gasteiger partial charge in [0.2, 0.25) is 0 Å². The number of carbonyl (C=O) groups excluding carboxylic acids is 1. The van der Waals surface area contributed by atoms with Crippen LogP contribution in [0.4, 0.5) is 0 Å². The number of carboxylic acid groups (broad SMARTS) is 1. The largest absolute Gasteiger partial charge is 0.479 e. The third-order valence-corrected chi connectivity index (χ3v) is 4.61. The van der Waals surface area contributed by atoms with Crippen LogP contribution < -0.4 is 0 Å². The highest BCUT2D eigenvalue weighted by Gasteiger charge is 2.29. The summed E-state index contributed by atoms with van der Waals surface area (Å²) in [5, 5.41) is 11.9. The summed E-state index contributed by atoms with van der Waals surface area (Å²) in [7, 11) is 0. The average molecular weight is 332 g/mol. The molecule has 7 heteroatoms. The molecule has 0 radical (unpaired) electrons. The highest BCUT2D eigenvalue weighted by molar-refractivity contribution is 7.13. The Labute approximate surface area is 137 Å². The van der Waals surface area contributed by atoms with E-state index < -0.39 is 12.1 Å². The Morgan fingerprint density at radius 2 is 2.26 bits per heavy atom. The van der Waals surface area contributed by atoms with E-state index in [0.29, 0.717) is 12.1 Å². The minimum atomic E-state index is -1.05. The molecule has 1 aromatic heterocycles. The number of aryl methyl sites for hydroxylation is 1. The molecule has 1 unspecified atom stereocenters. The Balaban J connectivity index is 1.81. The first-order valence-corrected chi connectivity index (χ1v) is 8.09. The summed E-state index contributed by atoms with van der Waals surface area (Å²) in [6, 6.07) is 7.26. The number of amides is 1. The molecular formula is C16H16N2O4S. The Kier molecular flexibility index (Phi) is 4.40. The second-order valence-electron chi connectivity index (χ2n) is 5.32. The molecule has 23 heavy (non-hydrogen) atoms. The van der Waals surface area contributed by atoms with Crippen molar-refractivity contribution >= 4 is 23.2 Å². The molecule has 0 aliphatic carbocycles. The number of rotatable bonds is 3. The Bertz CT molecular complexity index is 743. The maximum Gasteiger partial charge on any atom is 0.334 e. The molecule has 1 N–H and O–H groups in total. The summed E-state index contributed by atoms with van der Waals surface area (Å²) in [5.74, 6) is -1.23. The summed E-state index contributed by atoms with van der Waals surface area (Å²) < 4.78 is 5.15. The molecule has 1 aliphatic heterocycles. The Hall–Kier alpha value is -2.25. The smallest absolute Gasteiger partial charge is 0.334 e. The number of carbonyl (C=O) groups is 2. The van der Waals surface area contributed by atoms with Crippen LogP contribution in [0.5, 0.6) is 0 Å². The molecule has 0 bridgehead atoms. The van der Waals surface area contributed by atoms with Crippen molar-refractivity contribution in [3.63, 3.8) is 0 Å². The van der Waals surface area contributed by atoms with Crippen molar-refractivity contribution in [3.8, 4) is 10.6 Å². The molecule has 1 amide bonds. The number of aromatic nitrogens is 1. The van der Waals surface area contributed by atoms with Gasteiger partial charge in [0, 0.05) is 28.7 Å². The van der Waals surface area contributed by atoms with Crippen molar-refractivity contribution in [2.75, 3.05) is 19.7 Å². The zero-order valence-corrected chi connectivity index (χ0v) is 13.4. The third-order valence-electron chi connectivity index (χ3n) is 3.60. The molecule has 1 aliphatic rings. The Morgan fingerprint density at radius 1 is 1.43 bits per heavy atom. The van der Waals surface area contributed by atoms with Crippen LogP contribution in [0.1, 0.15) is 16.1 Å². The molecule has 120 valence electrons. The monoisotopic (exact) mass is 332 g/mol. The fourth-order valence-corrected chi connectivity index (χ4v) is 3.23. The van der Waals surface area contributed by atoms with Gasteiger partial charge in [0.15, 0.2) is 6.10 Å². The number of hydrogen-bond donors (Lipinski definition) is 1. The fourth-order valence-electron chi connectivity index (χ4n) is 2.44. The zero-order valence-electron chi connectivity index (χ0n) is 12.6. The number of hydrogen-bond acceptors (Lipinski definition) is 5. The lowest BCUT2D eigenvalue weighted by Crippen LogP contribution is -2.48. The van der Waals surface area contributed by atoms with Crippen LogP contribution in [0.15, 0.2) is 29.6 Å². The maximum absolute atomic E-state index is 12.6. The van der Waals surface area contributed by atoms with Crippen molar-refractivity contribution in [2.45, 2.75) is 13.0 Å². The van der Waals surface area contributed by atoms with Crippen LogP contribution in [-0.4, -0.2) is 52.7 Å². The molecule has 1 fully saturated rings. The lowest BCUT2D eigenvalue weighted by atomic mass is 10.1. The van der Waals surface area contributed by atoms with E-state index in [1.165, 1.54) is 16.2 Å². The van der Waals surface area contributed by atoms with Crippen molar-refractivity contribution in [1.82, 2.24) is 9.88 Å².